The molecule has 0 spiro atoms. The van der Waals surface area contributed by atoms with Crippen molar-refractivity contribution in [1.29, 1.82) is 5.41 Å². The second kappa shape index (κ2) is 8.01. The Morgan fingerprint density at radius 1 is 0.833 bits per heavy atom. The summed E-state index contributed by atoms with van der Waals surface area (Å²) in [7, 11) is 0. The van der Waals surface area contributed by atoms with Crippen molar-refractivity contribution in [2.75, 3.05) is 9.80 Å². The first-order chi connectivity index (χ1) is 11.3. The number of benzene rings is 2. The Morgan fingerprint density at radius 3 is 1.79 bits per heavy atom. The average Bonchev–Trinajstić information content (AvgIpc) is 2.51. The van der Waals surface area contributed by atoms with E-state index in [1.165, 1.54) is 5.56 Å². The maximum Gasteiger partial charge on any atom is 0.203 e. The van der Waals surface area contributed by atoms with E-state index in [9.17, 15) is 0 Å². The average molecular weight is 435 g/mol. The number of hydrogen-bond acceptors (Lipinski definition) is 1. The van der Waals surface area contributed by atoms with Gasteiger partial charge in [-0.2, -0.15) is 0 Å². The van der Waals surface area contributed by atoms with Crippen molar-refractivity contribution < 1.29 is 0 Å². The Balaban J connectivity index is 2.51. The first-order valence-corrected chi connectivity index (χ1v) is 9.39. The fourth-order valence-electron chi connectivity index (χ4n) is 2.87. The lowest BCUT2D eigenvalue weighted by atomic mass is 10.1. The lowest BCUT2D eigenvalue weighted by Crippen LogP contribution is -2.50. The number of para-hydroxylation sites is 2. The molecule has 0 atom stereocenters. The molecule has 0 aliphatic rings. The summed E-state index contributed by atoms with van der Waals surface area (Å²) in [6.07, 6.45) is 0. The van der Waals surface area contributed by atoms with E-state index in [4.69, 9.17) is 5.41 Å². The summed E-state index contributed by atoms with van der Waals surface area (Å²) in [4.78, 5) is 4.21. The minimum absolute atomic E-state index is 0.193. The Kier molecular flexibility index (Phi) is 6.27. The van der Waals surface area contributed by atoms with Crippen LogP contribution in [0.2, 0.25) is 0 Å². The van der Waals surface area contributed by atoms with Gasteiger partial charge in [0.15, 0.2) is 0 Å². The highest BCUT2D eigenvalue weighted by Gasteiger charge is 2.26. The predicted octanol–water partition coefficient (Wildman–Crippen LogP) is 5.66. The third-order valence-electron chi connectivity index (χ3n) is 3.98. The molecule has 2 rings (SSSR count). The molecular formula is C20H26IN3. The van der Waals surface area contributed by atoms with Gasteiger partial charge < -0.3 is 9.80 Å². The van der Waals surface area contributed by atoms with Crippen molar-refractivity contribution in [3.63, 3.8) is 0 Å². The van der Waals surface area contributed by atoms with Gasteiger partial charge in [0.05, 0.1) is 5.69 Å². The summed E-state index contributed by atoms with van der Waals surface area (Å²) in [6.45, 7) is 10.6. The van der Waals surface area contributed by atoms with Crippen LogP contribution >= 0.6 is 22.6 Å². The van der Waals surface area contributed by atoms with Crippen molar-refractivity contribution in [2.45, 2.75) is 46.7 Å². The fourth-order valence-corrected chi connectivity index (χ4v) is 3.52. The maximum atomic E-state index is 8.98. The van der Waals surface area contributed by atoms with Gasteiger partial charge in [-0.15, -0.1) is 0 Å². The standard InChI is InChI=1S/C20H26IN3/c1-14(2)23(18-12-8-6-10-16(18)5)20(22)24(15(3)4)19-13-9-7-11-17(19)21/h6-15,22H,1-5H3. The largest absolute Gasteiger partial charge is 0.310 e. The van der Waals surface area contributed by atoms with Crippen LogP contribution in [0, 0.1) is 15.9 Å². The molecule has 0 saturated heterocycles. The van der Waals surface area contributed by atoms with E-state index in [1.807, 2.05) is 24.3 Å². The van der Waals surface area contributed by atoms with E-state index in [-0.39, 0.29) is 12.1 Å². The predicted molar refractivity (Wildman–Crippen MR) is 113 cm³/mol. The van der Waals surface area contributed by atoms with Gasteiger partial charge in [0, 0.05) is 21.3 Å². The molecule has 0 heterocycles. The first kappa shape index (κ1) is 18.8. The molecule has 0 aliphatic carbocycles. The zero-order chi connectivity index (χ0) is 17.9. The van der Waals surface area contributed by atoms with Gasteiger partial charge in [0.1, 0.15) is 0 Å². The molecular weight excluding hydrogens is 409 g/mol. The van der Waals surface area contributed by atoms with Gasteiger partial charge in [-0.3, -0.25) is 5.41 Å². The minimum Gasteiger partial charge on any atom is -0.310 e. The molecule has 0 aliphatic heterocycles. The number of aryl methyl sites for hydroxylation is 1. The third kappa shape index (κ3) is 3.91. The molecule has 4 heteroatoms. The SMILES string of the molecule is Cc1ccccc1N(C(=N)N(c1ccccc1I)C(C)C)C(C)C. The molecule has 0 aromatic heterocycles. The van der Waals surface area contributed by atoms with Crippen LogP contribution in [-0.2, 0) is 0 Å². The molecule has 1 N–H and O–H groups in total. The first-order valence-electron chi connectivity index (χ1n) is 8.31. The van der Waals surface area contributed by atoms with Crippen LogP contribution in [0.4, 0.5) is 11.4 Å². The maximum absolute atomic E-state index is 8.98. The van der Waals surface area contributed by atoms with Gasteiger partial charge in [-0.05, 0) is 81.0 Å². The molecule has 0 saturated carbocycles. The third-order valence-corrected chi connectivity index (χ3v) is 4.89. The molecule has 0 bridgehead atoms. The Morgan fingerprint density at radius 2 is 1.29 bits per heavy atom. The Bertz CT molecular complexity index is 650. The number of nitrogens with one attached hydrogen (secondary N) is 1. The van der Waals surface area contributed by atoms with Crippen LogP contribution in [0.1, 0.15) is 33.3 Å². The summed E-state index contributed by atoms with van der Waals surface area (Å²) in [5.41, 5.74) is 3.36. The number of rotatable bonds is 4. The van der Waals surface area contributed by atoms with Crippen LogP contribution in [0.25, 0.3) is 0 Å². The molecule has 0 radical (unpaired) electrons. The highest BCUT2D eigenvalue weighted by molar-refractivity contribution is 14.1. The van der Waals surface area contributed by atoms with Gasteiger partial charge in [0.2, 0.25) is 5.96 Å². The molecule has 0 amide bonds. The normalized spacial score (nSPS) is 11.0. The molecule has 3 nitrogen and oxygen atoms in total. The van der Waals surface area contributed by atoms with Crippen LogP contribution < -0.4 is 9.80 Å². The molecule has 0 unspecified atom stereocenters. The van der Waals surface area contributed by atoms with E-state index < -0.39 is 0 Å². The number of guanidine groups is 1. The van der Waals surface area contributed by atoms with Crippen molar-refractivity contribution in [3.05, 3.63) is 57.7 Å². The number of halogens is 1. The summed E-state index contributed by atoms with van der Waals surface area (Å²) < 4.78 is 1.15. The van der Waals surface area contributed by atoms with Crippen LogP contribution in [0.3, 0.4) is 0 Å². The smallest absolute Gasteiger partial charge is 0.203 e. The van der Waals surface area contributed by atoms with E-state index in [2.05, 4.69) is 91.3 Å². The van der Waals surface area contributed by atoms with Crippen LogP contribution in [0.15, 0.2) is 48.5 Å². The van der Waals surface area contributed by atoms with Crippen molar-refractivity contribution in [2.24, 2.45) is 0 Å². The van der Waals surface area contributed by atoms with Crippen molar-refractivity contribution >= 4 is 39.9 Å². The van der Waals surface area contributed by atoms with Crippen LogP contribution in [0.5, 0.6) is 0 Å². The monoisotopic (exact) mass is 435 g/mol. The van der Waals surface area contributed by atoms with E-state index in [0.717, 1.165) is 14.9 Å². The van der Waals surface area contributed by atoms with Gasteiger partial charge in [0.25, 0.3) is 0 Å². The summed E-state index contributed by atoms with van der Waals surface area (Å²) in [6, 6.07) is 16.9. The summed E-state index contributed by atoms with van der Waals surface area (Å²) in [5.74, 6) is 0.512. The van der Waals surface area contributed by atoms with Gasteiger partial charge >= 0.3 is 0 Å². The number of nitrogens with zero attached hydrogens (tertiary/aromatic N) is 2. The highest BCUT2D eigenvalue weighted by atomic mass is 127. The van der Waals surface area contributed by atoms with Gasteiger partial charge in [-0.1, -0.05) is 30.3 Å². The van der Waals surface area contributed by atoms with E-state index in [1.54, 1.807) is 0 Å². The summed E-state index contributed by atoms with van der Waals surface area (Å²) in [5, 5.41) is 8.98. The highest BCUT2D eigenvalue weighted by Crippen LogP contribution is 2.29. The second-order valence-electron chi connectivity index (χ2n) is 6.49. The van der Waals surface area contributed by atoms with E-state index >= 15 is 0 Å². The van der Waals surface area contributed by atoms with Crippen molar-refractivity contribution in [1.82, 2.24) is 0 Å². The Labute approximate surface area is 159 Å². The lowest BCUT2D eigenvalue weighted by molar-refractivity contribution is 0.744. The van der Waals surface area contributed by atoms with Gasteiger partial charge in [-0.25, -0.2) is 0 Å². The Hall–Kier alpha value is -1.56. The number of hydrogen-bond donors (Lipinski definition) is 1. The van der Waals surface area contributed by atoms with Crippen LogP contribution in [-0.4, -0.2) is 18.0 Å². The topological polar surface area (TPSA) is 30.3 Å². The zero-order valence-electron chi connectivity index (χ0n) is 15.0. The molecule has 24 heavy (non-hydrogen) atoms. The fraction of sp³-hybridized carbons (Fsp3) is 0.350. The minimum atomic E-state index is 0.193. The van der Waals surface area contributed by atoms with Crippen molar-refractivity contribution in [3.8, 4) is 0 Å². The quantitative estimate of drug-likeness (QED) is 0.382. The molecule has 0 fully saturated rings. The zero-order valence-corrected chi connectivity index (χ0v) is 17.2. The lowest BCUT2D eigenvalue weighted by Gasteiger charge is -2.39. The molecule has 2 aromatic rings. The molecule has 2 aromatic carbocycles. The summed E-state index contributed by atoms with van der Waals surface area (Å²) >= 11 is 2.35. The second-order valence-corrected chi connectivity index (χ2v) is 7.65. The van der Waals surface area contributed by atoms with E-state index in [0.29, 0.717) is 5.96 Å². The number of anilines is 2. The molecule has 128 valence electrons.